The van der Waals surface area contributed by atoms with Gasteiger partial charge in [0.05, 0.1) is 4.90 Å². The first-order valence-corrected chi connectivity index (χ1v) is 10.6. The van der Waals surface area contributed by atoms with Crippen molar-refractivity contribution in [1.82, 2.24) is 14.5 Å². The number of benzene rings is 1. The lowest BCUT2D eigenvalue weighted by Crippen LogP contribution is -2.53. The number of aliphatic hydroxyl groups excluding tert-OH is 1. The standard InChI is InChI=1S/C18H27N3O4S/c1-20-9-10-21(13-16(20)8-11-22)26(24,25)17-7-2-4-14(12-17)18(23)19-15-5-3-6-15/h2,4,7,12,15-16,22H,3,5-6,8-11,13H2,1H3,(H,19,23)/t16-/m0/s1. The van der Waals surface area contributed by atoms with E-state index in [9.17, 15) is 18.3 Å². The summed E-state index contributed by atoms with van der Waals surface area (Å²) in [6.45, 7) is 1.39. The molecule has 0 spiro atoms. The van der Waals surface area contributed by atoms with E-state index in [1.54, 1.807) is 12.1 Å². The van der Waals surface area contributed by atoms with Crippen molar-refractivity contribution in [3.8, 4) is 0 Å². The number of likely N-dealkylation sites (N-methyl/N-ethyl adjacent to an activating group) is 1. The minimum absolute atomic E-state index is 0.00590. The summed E-state index contributed by atoms with van der Waals surface area (Å²) in [4.78, 5) is 14.5. The van der Waals surface area contributed by atoms with Crippen LogP contribution in [-0.4, -0.2) is 74.0 Å². The van der Waals surface area contributed by atoms with Gasteiger partial charge < -0.3 is 15.3 Å². The molecular weight excluding hydrogens is 354 g/mol. The van der Waals surface area contributed by atoms with E-state index in [1.165, 1.54) is 16.4 Å². The van der Waals surface area contributed by atoms with Crippen molar-refractivity contribution in [3.05, 3.63) is 29.8 Å². The summed E-state index contributed by atoms with van der Waals surface area (Å²) in [5.74, 6) is -0.219. The van der Waals surface area contributed by atoms with E-state index in [1.807, 2.05) is 7.05 Å². The Hall–Kier alpha value is -1.48. The minimum Gasteiger partial charge on any atom is -0.396 e. The zero-order valence-corrected chi connectivity index (χ0v) is 15.9. The molecular formula is C18H27N3O4S. The van der Waals surface area contributed by atoms with Gasteiger partial charge in [-0.25, -0.2) is 8.42 Å². The lowest BCUT2D eigenvalue weighted by Gasteiger charge is -2.38. The molecule has 1 saturated heterocycles. The van der Waals surface area contributed by atoms with Crippen LogP contribution in [0, 0.1) is 0 Å². The van der Waals surface area contributed by atoms with E-state index in [-0.39, 0.29) is 29.5 Å². The monoisotopic (exact) mass is 381 g/mol. The molecule has 2 aliphatic rings. The first-order chi connectivity index (χ1) is 12.4. The molecule has 0 bridgehead atoms. The van der Waals surface area contributed by atoms with Crippen LogP contribution < -0.4 is 5.32 Å². The van der Waals surface area contributed by atoms with Crippen molar-refractivity contribution in [3.63, 3.8) is 0 Å². The maximum atomic E-state index is 13.0. The van der Waals surface area contributed by atoms with E-state index >= 15 is 0 Å². The lowest BCUT2D eigenvalue weighted by molar-refractivity contribution is 0.0916. The predicted molar refractivity (Wildman–Crippen MR) is 98.4 cm³/mol. The number of hydrogen-bond acceptors (Lipinski definition) is 5. The summed E-state index contributed by atoms with van der Waals surface area (Å²) in [5.41, 5.74) is 0.374. The van der Waals surface area contributed by atoms with Crippen molar-refractivity contribution >= 4 is 15.9 Å². The Kier molecular flexibility index (Phi) is 5.96. The van der Waals surface area contributed by atoms with Crippen molar-refractivity contribution in [2.24, 2.45) is 0 Å². The topological polar surface area (TPSA) is 90.0 Å². The molecule has 1 aromatic carbocycles. The number of sulfonamides is 1. The summed E-state index contributed by atoms with van der Waals surface area (Å²) in [6.07, 6.45) is 3.62. The largest absolute Gasteiger partial charge is 0.396 e. The molecule has 8 heteroatoms. The molecule has 1 aliphatic heterocycles. The van der Waals surface area contributed by atoms with Gasteiger partial charge in [-0.3, -0.25) is 4.79 Å². The highest BCUT2D eigenvalue weighted by Crippen LogP contribution is 2.22. The van der Waals surface area contributed by atoms with Crippen molar-refractivity contribution in [1.29, 1.82) is 0 Å². The number of carbonyl (C=O) groups excluding carboxylic acids is 1. The van der Waals surface area contributed by atoms with Crippen LogP contribution in [0.25, 0.3) is 0 Å². The second kappa shape index (κ2) is 8.04. The molecule has 1 saturated carbocycles. The second-order valence-corrected chi connectivity index (χ2v) is 9.08. The Morgan fingerprint density at radius 3 is 2.73 bits per heavy atom. The second-order valence-electron chi connectivity index (χ2n) is 7.14. The number of hydrogen-bond donors (Lipinski definition) is 2. The Bertz CT molecular complexity index is 749. The summed E-state index contributed by atoms with van der Waals surface area (Å²) in [5, 5.41) is 12.1. The fourth-order valence-electron chi connectivity index (χ4n) is 3.36. The molecule has 1 amide bonds. The van der Waals surface area contributed by atoms with Gasteiger partial charge in [0.25, 0.3) is 5.91 Å². The summed E-state index contributed by atoms with van der Waals surface area (Å²) < 4.78 is 27.5. The van der Waals surface area contributed by atoms with Gasteiger partial charge in [0.1, 0.15) is 0 Å². The average molecular weight is 381 g/mol. The molecule has 0 aromatic heterocycles. The van der Waals surface area contributed by atoms with Crippen LogP contribution in [0.5, 0.6) is 0 Å². The SMILES string of the molecule is CN1CCN(S(=O)(=O)c2cccc(C(=O)NC3CCC3)c2)C[C@@H]1CCO. The Balaban J connectivity index is 1.76. The Morgan fingerprint density at radius 1 is 1.31 bits per heavy atom. The molecule has 26 heavy (non-hydrogen) atoms. The molecule has 1 aromatic rings. The average Bonchev–Trinajstić information content (AvgIpc) is 2.60. The van der Waals surface area contributed by atoms with Gasteiger partial charge in [-0.2, -0.15) is 4.31 Å². The lowest BCUT2D eigenvalue weighted by atomic mass is 9.93. The normalized spacial score (nSPS) is 22.8. The van der Waals surface area contributed by atoms with Gasteiger partial charge >= 0.3 is 0 Å². The molecule has 1 aliphatic carbocycles. The van der Waals surface area contributed by atoms with Gasteiger partial charge in [0.15, 0.2) is 0 Å². The highest BCUT2D eigenvalue weighted by atomic mass is 32.2. The fourth-order valence-corrected chi connectivity index (χ4v) is 4.88. The molecule has 2 fully saturated rings. The number of carbonyl (C=O) groups is 1. The zero-order chi connectivity index (χ0) is 18.7. The number of aliphatic hydroxyl groups is 1. The van der Waals surface area contributed by atoms with Crippen LogP contribution in [0.4, 0.5) is 0 Å². The quantitative estimate of drug-likeness (QED) is 0.755. The smallest absolute Gasteiger partial charge is 0.251 e. The van der Waals surface area contributed by atoms with E-state index in [0.29, 0.717) is 31.6 Å². The Labute approximate surface area is 155 Å². The van der Waals surface area contributed by atoms with E-state index in [2.05, 4.69) is 10.2 Å². The third kappa shape index (κ3) is 4.09. The van der Waals surface area contributed by atoms with Crippen molar-refractivity contribution in [2.45, 2.75) is 42.7 Å². The van der Waals surface area contributed by atoms with Gasteiger partial charge in [0, 0.05) is 43.9 Å². The molecule has 1 atom stereocenters. The molecule has 3 rings (SSSR count). The molecule has 144 valence electrons. The van der Waals surface area contributed by atoms with E-state index in [4.69, 9.17) is 0 Å². The van der Waals surface area contributed by atoms with E-state index in [0.717, 1.165) is 19.3 Å². The number of nitrogens with zero attached hydrogens (tertiary/aromatic N) is 2. The molecule has 7 nitrogen and oxygen atoms in total. The fraction of sp³-hybridized carbons (Fsp3) is 0.611. The van der Waals surface area contributed by atoms with Crippen LogP contribution in [0.1, 0.15) is 36.0 Å². The van der Waals surface area contributed by atoms with Gasteiger partial charge in [-0.05, 0) is 50.9 Å². The summed E-state index contributed by atoms with van der Waals surface area (Å²) in [6, 6.07) is 6.46. The molecule has 1 heterocycles. The maximum absolute atomic E-state index is 13.0. The number of nitrogens with one attached hydrogen (secondary N) is 1. The van der Waals surface area contributed by atoms with Crippen LogP contribution in [0.3, 0.4) is 0 Å². The predicted octanol–water partition coefficient (Wildman–Crippen LogP) is 0.656. The molecule has 2 N–H and O–H groups in total. The van der Waals surface area contributed by atoms with Crippen LogP contribution >= 0.6 is 0 Å². The summed E-state index contributed by atoms with van der Waals surface area (Å²) >= 11 is 0. The minimum atomic E-state index is -3.67. The summed E-state index contributed by atoms with van der Waals surface area (Å²) in [7, 11) is -1.73. The highest BCUT2D eigenvalue weighted by molar-refractivity contribution is 7.89. The number of rotatable bonds is 6. The van der Waals surface area contributed by atoms with Gasteiger partial charge in [-0.1, -0.05) is 6.07 Å². The highest BCUT2D eigenvalue weighted by Gasteiger charge is 2.32. The number of amides is 1. The zero-order valence-electron chi connectivity index (χ0n) is 15.1. The molecule has 0 radical (unpaired) electrons. The van der Waals surface area contributed by atoms with Crippen molar-refractivity contribution < 1.29 is 18.3 Å². The third-order valence-corrected chi connectivity index (χ3v) is 7.24. The Morgan fingerprint density at radius 2 is 2.08 bits per heavy atom. The van der Waals surface area contributed by atoms with Crippen molar-refractivity contribution in [2.75, 3.05) is 33.3 Å². The van der Waals surface area contributed by atoms with E-state index < -0.39 is 10.0 Å². The third-order valence-electron chi connectivity index (χ3n) is 5.38. The van der Waals surface area contributed by atoms with Gasteiger partial charge in [0.2, 0.25) is 10.0 Å². The first-order valence-electron chi connectivity index (χ1n) is 9.14. The van der Waals surface area contributed by atoms with Crippen LogP contribution in [0.2, 0.25) is 0 Å². The first kappa shape index (κ1) is 19.3. The van der Waals surface area contributed by atoms with Crippen LogP contribution in [0.15, 0.2) is 29.2 Å². The molecule has 0 unspecified atom stereocenters. The maximum Gasteiger partial charge on any atom is 0.251 e. The number of piperazine rings is 1. The van der Waals surface area contributed by atoms with Crippen LogP contribution in [-0.2, 0) is 10.0 Å². The van der Waals surface area contributed by atoms with Gasteiger partial charge in [-0.15, -0.1) is 0 Å².